The molecule has 0 spiro atoms. The molecule has 0 aliphatic heterocycles. The van der Waals surface area contributed by atoms with E-state index in [0.29, 0.717) is 6.42 Å². The Morgan fingerprint density at radius 1 is 1.47 bits per heavy atom. The molecule has 0 aromatic rings. The average molecular weight is 276 g/mol. The summed E-state index contributed by atoms with van der Waals surface area (Å²) in [5.41, 5.74) is 9.87. The summed E-state index contributed by atoms with van der Waals surface area (Å²) in [6.07, 6.45) is 0.371. The van der Waals surface area contributed by atoms with Gasteiger partial charge >= 0.3 is 11.9 Å². The Bertz CT molecular complexity index is 372. The summed E-state index contributed by atoms with van der Waals surface area (Å²) >= 11 is 0. The van der Waals surface area contributed by atoms with E-state index in [9.17, 15) is 14.4 Å². The highest BCUT2D eigenvalue weighted by Crippen LogP contribution is 2.43. The quantitative estimate of drug-likeness (QED) is 0.461. The lowest BCUT2D eigenvalue weighted by Crippen LogP contribution is -2.43. The van der Waals surface area contributed by atoms with Gasteiger partial charge in [0.05, 0.1) is 25.0 Å². The van der Waals surface area contributed by atoms with Crippen LogP contribution in [0.1, 0.15) is 26.2 Å². The standard InChI is InChI=1S/C11H18N2O5.H2O/c1-2-3-18-10(17)11(13)5-6(11)9(16)7(12)4-8(14)15;/h6-7H,2-5,12-13H2,1H3,(H,14,15);1H2/t6?,7-,11?;/m0./s1. The normalized spacial score (nSPS) is 25.9. The van der Waals surface area contributed by atoms with Crippen molar-refractivity contribution >= 4 is 17.7 Å². The molecule has 1 aliphatic carbocycles. The molecule has 1 rings (SSSR count). The molecule has 0 aromatic heterocycles. The molecule has 0 amide bonds. The summed E-state index contributed by atoms with van der Waals surface area (Å²) in [6.45, 7) is 2.09. The molecule has 8 nitrogen and oxygen atoms in total. The lowest BCUT2D eigenvalue weighted by Gasteiger charge is -2.12. The van der Waals surface area contributed by atoms with Crippen molar-refractivity contribution in [1.29, 1.82) is 0 Å². The van der Waals surface area contributed by atoms with Crippen molar-refractivity contribution in [3.8, 4) is 0 Å². The Morgan fingerprint density at radius 3 is 2.53 bits per heavy atom. The number of ether oxygens (including phenoxy) is 1. The molecule has 0 aromatic carbocycles. The summed E-state index contributed by atoms with van der Waals surface area (Å²) in [6, 6.07) is -1.13. The molecule has 8 heteroatoms. The van der Waals surface area contributed by atoms with Crippen LogP contribution < -0.4 is 11.5 Å². The van der Waals surface area contributed by atoms with E-state index in [0.717, 1.165) is 0 Å². The van der Waals surface area contributed by atoms with E-state index in [4.69, 9.17) is 21.3 Å². The van der Waals surface area contributed by atoms with Gasteiger partial charge < -0.3 is 26.8 Å². The monoisotopic (exact) mass is 276 g/mol. The molecule has 0 heterocycles. The molecule has 0 radical (unpaired) electrons. The molecular formula is C11H20N2O6. The predicted octanol–water partition coefficient (Wildman–Crippen LogP) is -1.80. The van der Waals surface area contributed by atoms with Crippen molar-refractivity contribution in [3.05, 3.63) is 0 Å². The zero-order chi connectivity index (χ0) is 13.9. The molecule has 0 bridgehead atoms. The molecule has 7 N–H and O–H groups in total. The van der Waals surface area contributed by atoms with Crippen LogP contribution in [0.25, 0.3) is 0 Å². The second-order valence-electron chi connectivity index (χ2n) is 4.54. The topological polar surface area (TPSA) is 164 Å². The Hall–Kier alpha value is -1.51. The molecule has 0 saturated heterocycles. The Balaban J connectivity index is 0.00000324. The molecule has 1 saturated carbocycles. The zero-order valence-electron chi connectivity index (χ0n) is 10.7. The smallest absolute Gasteiger partial charge is 0.326 e. The SMILES string of the molecule is CCCOC(=O)C1(N)CC1C(=O)[C@@H](N)CC(=O)O.O. The van der Waals surface area contributed by atoms with Gasteiger partial charge in [-0.15, -0.1) is 0 Å². The van der Waals surface area contributed by atoms with Crippen LogP contribution in [0.3, 0.4) is 0 Å². The van der Waals surface area contributed by atoms with Crippen LogP contribution in [0.15, 0.2) is 0 Å². The molecule has 3 atom stereocenters. The molecule has 110 valence electrons. The maximum atomic E-state index is 11.8. The van der Waals surface area contributed by atoms with Gasteiger partial charge in [-0.3, -0.25) is 14.4 Å². The van der Waals surface area contributed by atoms with Crippen LogP contribution in [-0.2, 0) is 19.1 Å². The molecule has 2 unspecified atom stereocenters. The summed E-state index contributed by atoms with van der Waals surface area (Å²) in [4.78, 5) is 33.8. The number of carboxylic acids is 1. The van der Waals surface area contributed by atoms with Crippen LogP contribution >= 0.6 is 0 Å². The van der Waals surface area contributed by atoms with E-state index in [1.807, 2.05) is 6.92 Å². The number of esters is 1. The molecule has 1 aliphatic rings. The molecule has 1 fully saturated rings. The summed E-state index contributed by atoms with van der Waals surface area (Å²) in [5, 5.41) is 8.54. The van der Waals surface area contributed by atoms with E-state index in [1.54, 1.807) is 0 Å². The van der Waals surface area contributed by atoms with Gasteiger partial charge in [-0.1, -0.05) is 6.92 Å². The predicted molar refractivity (Wildman–Crippen MR) is 65.1 cm³/mol. The van der Waals surface area contributed by atoms with Gasteiger partial charge in [-0.25, -0.2) is 0 Å². The van der Waals surface area contributed by atoms with E-state index in [2.05, 4.69) is 0 Å². The van der Waals surface area contributed by atoms with E-state index in [1.165, 1.54) is 0 Å². The van der Waals surface area contributed by atoms with Crippen LogP contribution in [0.2, 0.25) is 0 Å². The largest absolute Gasteiger partial charge is 0.481 e. The number of hydrogen-bond acceptors (Lipinski definition) is 6. The number of hydrogen-bond donors (Lipinski definition) is 3. The van der Waals surface area contributed by atoms with Crippen molar-refractivity contribution < 1.29 is 29.7 Å². The van der Waals surface area contributed by atoms with Crippen molar-refractivity contribution in [2.75, 3.05) is 6.61 Å². The number of carbonyl (C=O) groups is 3. The number of carbonyl (C=O) groups excluding carboxylic acids is 2. The summed E-state index contributed by atoms with van der Waals surface area (Å²) in [5.74, 6) is -3.00. The number of nitrogens with two attached hydrogens (primary N) is 2. The minimum absolute atomic E-state index is 0. The fourth-order valence-electron chi connectivity index (χ4n) is 1.74. The Labute approximate surface area is 110 Å². The molecular weight excluding hydrogens is 256 g/mol. The number of ketones is 1. The van der Waals surface area contributed by atoms with Crippen LogP contribution in [0.4, 0.5) is 0 Å². The number of carboxylic acid groups (broad SMARTS) is 1. The third-order valence-corrected chi connectivity index (χ3v) is 2.92. The van der Waals surface area contributed by atoms with Crippen molar-refractivity contribution in [3.63, 3.8) is 0 Å². The first kappa shape index (κ1) is 17.5. The van der Waals surface area contributed by atoms with Crippen LogP contribution in [0, 0.1) is 5.92 Å². The number of rotatable bonds is 7. The number of Topliss-reactive ketones (excluding diaryl/α,β-unsaturated/α-hetero) is 1. The highest BCUT2D eigenvalue weighted by Gasteiger charge is 2.62. The van der Waals surface area contributed by atoms with Crippen LogP contribution in [0.5, 0.6) is 0 Å². The first-order chi connectivity index (χ1) is 8.32. The van der Waals surface area contributed by atoms with Gasteiger partial charge in [0.25, 0.3) is 0 Å². The minimum atomic E-state index is -1.32. The number of aliphatic carboxylic acids is 1. The maximum Gasteiger partial charge on any atom is 0.326 e. The van der Waals surface area contributed by atoms with Crippen LogP contribution in [-0.4, -0.2) is 46.5 Å². The summed E-state index contributed by atoms with van der Waals surface area (Å²) in [7, 11) is 0. The van der Waals surface area contributed by atoms with Gasteiger partial charge in [-0.2, -0.15) is 0 Å². The third-order valence-electron chi connectivity index (χ3n) is 2.92. The Morgan fingerprint density at radius 2 is 2.05 bits per heavy atom. The zero-order valence-corrected chi connectivity index (χ0v) is 10.7. The second-order valence-corrected chi connectivity index (χ2v) is 4.54. The minimum Gasteiger partial charge on any atom is -0.481 e. The van der Waals surface area contributed by atoms with Gasteiger partial charge in [0.2, 0.25) is 0 Å². The highest BCUT2D eigenvalue weighted by molar-refractivity contribution is 6.00. The fraction of sp³-hybridized carbons (Fsp3) is 0.727. The second kappa shape index (κ2) is 6.60. The van der Waals surface area contributed by atoms with Gasteiger partial charge in [-0.05, 0) is 12.8 Å². The highest BCUT2D eigenvalue weighted by atomic mass is 16.5. The van der Waals surface area contributed by atoms with Gasteiger partial charge in [0.1, 0.15) is 5.54 Å². The van der Waals surface area contributed by atoms with E-state index >= 15 is 0 Å². The third kappa shape index (κ3) is 3.98. The van der Waals surface area contributed by atoms with Crippen molar-refractivity contribution in [1.82, 2.24) is 0 Å². The lowest BCUT2D eigenvalue weighted by molar-refractivity contribution is -0.147. The van der Waals surface area contributed by atoms with E-state index < -0.39 is 41.6 Å². The van der Waals surface area contributed by atoms with Gasteiger partial charge in [0, 0.05) is 0 Å². The van der Waals surface area contributed by atoms with E-state index in [-0.39, 0.29) is 18.5 Å². The first-order valence-electron chi connectivity index (χ1n) is 5.80. The van der Waals surface area contributed by atoms with Crippen molar-refractivity contribution in [2.24, 2.45) is 17.4 Å². The average Bonchev–Trinajstić information content (AvgIpc) is 2.98. The van der Waals surface area contributed by atoms with Crippen molar-refractivity contribution in [2.45, 2.75) is 37.8 Å². The lowest BCUT2D eigenvalue weighted by atomic mass is 10.0. The first-order valence-corrected chi connectivity index (χ1v) is 5.80. The maximum absolute atomic E-state index is 11.8. The summed E-state index contributed by atoms with van der Waals surface area (Å²) < 4.78 is 4.89. The van der Waals surface area contributed by atoms with Gasteiger partial charge in [0.15, 0.2) is 5.78 Å². The Kier molecular flexibility index (Phi) is 6.07. The molecule has 19 heavy (non-hydrogen) atoms. The fourth-order valence-corrected chi connectivity index (χ4v) is 1.74.